The van der Waals surface area contributed by atoms with E-state index < -0.39 is 0 Å². The van der Waals surface area contributed by atoms with Crippen LogP contribution in [0.2, 0.25) is 0 Å². The molecule has 2 atom stereocenters. The van der Waals surface area contributed by atoms with E-state index in [0.717, 1.165) is 45.3 Å². The van der Waals surface area contributed by atoms with Crippen LogP contribution < -0.4 is 5.32 Å². The van der Waals surface area contributed by atoms with Crippen molar-refractivity contribution in [2.45, 2.75) is 45.6 Å². The number of amides is 1. The van der Waals surface area contributed by atoms with Crippen LogP contribution in [0.25, 0.3) is 0 Å². The first-order chi connectivity index (χ1) is 8.17. The minimum Gasteiger partial charge on any atom is -0.396 e. The Labute approximate surface area is 104 Å². The zero-order valence-corrected chi connectivity index (χ0v) is 11.1. The number of carbonyl (C=O) groups excluding carboxylic acids is 1. The molecule has 1 heterocycles. The molecule has 4 heteroatoms. The first-order valence-corrected chi connectivity index (χ1v) is 6.77. The molecule has 1 rings (SSSR count). The molecule has 0 radical (unpaired) electrons. The van der Waals surface area contributed by atoms with E-state index in [-0.39, 0.29) is 12.5 Å². The van der Waals surface area contributed by atoms with Crippen molar-refractivity contribution in [3.63, 3.8) is 0 Å². The minimum atomic E-state index is 0.169. The molecule has 0 bridgehead atoms. The van der Waals surface area contributed by atoms with E-state index in [1.54, 1.807) is 6.92 Å². The van der Waals surface area contributed by atoms with E-state index in [2.05, 4.69) is 12.2 Å². The van der Waals surface area contributed by atoms with Crippen molar-refractivity contribution >= 4 is 5.91 Å². The van der Waals surface area contributed by atoms with Crippen molar-refractivity contribution in [2.24, 2.45) is 5.92 Å². The van der Waals surface area contributed by atoms with Gasteiger partial charge in [0.15, 0.2) is 0 Å². The smallest absolute Gasteiger partial charge is 0.219 e. The van der Waals surface area contributed by atoms with Gasteiger partial charge >= 0.3 is 0 Å². The predicted octanol–water partition coefficient (Wildman–Crippen LogP) is 0.995. The number of likely N-dealkylation sites (tertiary alicyclic amines) is 1. The third-order valence-electron chi connectivity index (χ3n) is 3.44. The summed E-state index contributed by atoms with van der Waals surface area (Å²) < 4.78 is 0. The van der Waals surface area contributed by atoms with Gasteiger partial charge in [-0.25, -0.2) is 0 Å². The van der Waals surface area contributed by atoms with Gasteiger partial charge in [-0.05, 0) is 38.1 Å². The van der Waals surface area contributed by atoms with Crippen molar-refractivity contribution in [3.05, 3.63) is 0 Å². The van der Waals surface area contributed by atoms with Gasteiger partial charge in [0.2, 0.25) is 5.91 Å². The number of nitrogens with zero attached hydrogens (tertiary/aromatic N) is 1. The lowest BCUT2D eigenvalue weighted by Crippen LogP contribution is -2.50. The molecule has 0 aromatic rings. The highest BCUT2D eigenvalue weighted by Crippen LogP contribution is 2.21. The fraction of sp³-hybridized carbons (Fsp3) is 0.923. The van der Waals surface area contributed by atoms with Gasteiger partial charge in [0.05, 0.1) is 0 Å². The second-order valence-corrected chi connectivity index (χ2v) is 5.04. The van der Waals surface area contributed by atoms with Crippen LogP contribution in [-0.2, 0) is 4.79 Å². The molecule has 2 unspecified atom stereocenters. The summed E-state index contributed by atoms with van der Waals surface area (Å²) in [6, 6.07) is 0.427. The standard InChI is InChI=1S/C13H26N2O2/c1-3-6-14-13-8-12(5-4-7-16)9-15(10-13)11(2)17/h12-14,16H,3-10H2,1-2H3. The minimum absolute atomic E-state index is 0.169. The van der Waals surface area contributed by atoms with Crippen LogP contribution in [-0.4, -0.2) is 48.2 Å². The monoisotopic (exact) mass is 242 g/mol. The summed E-state index contributed by atoms with van der Waals surface area (Å²) in [5, 5.41) is 12.4. The highest BCUT2D eigenvalue weighted by atomic mass is 16.2. The maximum absolute atomic E-state index is 11.5. The molecule has 0 aliphatic carbocycles. The van der Waals surface area contributed by atoms with Crippen LogP contribution in [0.1, 0.15) is 39.5 Å². The van der Waals surface area contributed by atoms with Crippen molar-refractivity contribution in [1.29, 1.82) is 0 Å². The molecule has 0 aromatic carbocycles. The highest BCUT2D eigenvalue weighted by Gasteiger charge is 2.27. The molecule has 0 spiro atoms. The van der Waals surface area contributed by atoms with Gasteiger partial charge in [-0.3, -0.25) is 4.79 Å². The summed E-state index contributed by atoms with van der Waals surface area (Å²) >= 11 is 0. The van der Waals surface area contributed by atoms with Crippen LogP contribution in [0.15, 0.2) is 0 Å². The van der Waals surface area contributed by atoms with Crippen molar-refractivity contribution in [1.82, 2.24) is 10.2 Å². The number of aliphatic hydroxyl groups excluding tert-OH is 1. The Balaban J connectivity index is 2.46. The number of piperidine rings is 1. The van der Waals surface area contributed by atoms with Crippen LogP contribution in [0, 0.1) is 5.92 Å². The third-order valence-corrected chi connectivity index (χ3v) is 3.44. The van der Waals surface area contributed by atoms with Gasteiger partial charge in [0.1, 0.15) is 0 Å². The number of hydrogen-bond donors (Lipinski definition) is 2. The zero-order chi connectivity index (χ0) is 12.7. The number of rotatable bonds is 6. The Morgan fingerprint density at radius 2 is 2.24 bits per heavy atom. The van der Waals surface area contributed by atoms with E-state index in [1.807, 2.05) is 4.90 Å². The fourth-order valence-corrected chi connectivity index (χ4v) is 2.55. The summed E-state index contributed by atoms with van der Waals surface area (Å²) in [5.41, 5.74) is 0. The van der Waals surface area contributed by atoms with Gasteiger partial charge in [0, 0.05) is 32.7 Å². The molecular weight excluding hydrogens is 216 g/mol. The Kier molecular flexibility index (Phi) is 6.52. The number of hydrogen-bond acceptors (Lipinski definition) is 3. The van der Waals surface area contributed by atoms with Gasteiger partial charge in [0.25, 0.3) is 0 Å². The van der Waals surface area contributed by atoms with E-state index in [1.165, 1.54) is 0 Å². The molecule has 1 aliphatic rings. The lowest BCUT2D eigenvalue weighted by atomic mass is 9.90. The molecule has 1 fully saturated rings. The average molecular weight is 242 g/mol. The van der Waals surface area contributed by atoms with E-state index in [0.29, 0.717) is 12.0 Å². The van der Waals surface area contributed by atoms with Gasteiger partial charge in [-0.15, -0.1) is 0 Å². The van der Waals surface area contributed by atoms with Crippen molar-refractivity contribution in [2.75, 3.05) is 26.2 Å². The summed E-state index contributed by atoms with van der Waals surface area (Å²) in [4.78, 5) is 13.4. The quantitative estimate of drug-likeness (QED) is 0.730. The highest BCUT2D eigenvalue weighted by molar-refractivity contribution is 5.73. The maximum atomic E-state index is 11.5. The molecule has 100 valence electrons. The van der Waals surface area contributed by atoms with Crippen molar-refractivity contribution < 1.29 is 9.90 Å². The SMILES string of the molecule is CCCNC1CC(CCCO)CN(C(C)=O)C1. The normalized spacial score (nSPS) is 25.0. The van der Waals surface area contributed by atoms with Gasteiger partial charge < -0.3 is 15.3 Å². The lowest BCUT2D eigenvalue weighted by Gasteiger charge is -2.38. The van der Waals surface area contributed by atoms with E-state index in [9.17, 15) is 4.79 Å². The molecule has 1 saturated heterocycles. The molecule has 4 nitrogen and oxygen atoms in total. The van der Waals surface area contributed by atoms with E-state index in [4.69, 9.17) is 5.11 Å². The average Bonchev–Trinajstić information content (AvgIpc) is 2.33. The fourth-order valence-electron chi connectivity index (χ4n) is 2.55. The summed E-state index contributed by atoms with van der Waals surface area (Å²) in [6.45, 7) is 6.77. The third kappa shape index (κ3) is 5.04. The van der Waals surface area contributed by atoms with Gasteiger partial charge in [-0.2, -0.15) is 0 Å². The Morgan fingerprint density at radius 3 is 2.82 bits per heavy atom. The molecule has 2 N–H and O–H groups in total. The van der Waals surface area contributed by atoms with Gasteiger partial charge in [-0.1, -0.05) is 6.92 Å². The summed E-state index contributed by atoms with van der Waals surface area (Å²) in [6.07, 6.45) is 4.11. The second kappa shape index (κ2) is 7.67. The largest absolute Gasteiger partial charge is 0.396 e. The van der Waals surface area contributed by atoms with E-state index >= 15 is 0 Å². The number of aliphatic hydroxyl groups is 1. The summed E-state index contributed by atoms with van der Waals surface area (Å²) in [5.74, 6) is 0.705. The Bertz CT molecular complexity index is 217. The Hall–Kier alpha value is -0.610. The lowest BCUT2D eigenvalue weighted by molar-refractivity contribution is -0.131. The topological polar surface area (TPSA) is 52.6 Å². The number of carbonyl (C=O) groups is 1. The maximum Gasteiger partial charge on any atom is 0.219 e. The summed E-state index contributed by atoms with van der Waals surface area (Å²) in [7, 11) is 0. The van der Waals surface area contributed by atoms with Crippen LogP contribution >= 0.6 is 0 Å². The molecule has 0 aromatic heterocycles. The molecular formula is C13H26N2O2. The van der Waals surface area contributed by atoms with Crippen molar-refractivity contribution in [3.8, 4) is 0 Å². The van der Waals surface area contributed by atoms with Crippen LogP contribution in [0.5, 0.6) is 0 Å². The molecule has 1 amide bonds. The second-order valence-electron chi connectivity index (χ2n) is 5.04. The zero-order valence-electron chi connectivity index (χ0n) is 11.1. The molecule has 0 saturated carbocycles. The number of nitrogens with one attached hydrogen (secondary N) is 1. The predicted molar refractivity (Wildman–Crippen MR) is 68.8 cm³/mol. The molecule has 1 aliphatic heterocycles. The van der Waals surface area contributed by atoms with Crippen LogP contribution in [0.4, 0.5) is 0 Å². The Morgan fingerprint density at radius 1 is 1.47 bits per heavy atom. The first-order valence-electron chi connectivity index (χ1n) is 6.77. The molecule has 17 heavy (non-hydrogen) atoms. The van der Waals surface area contributed by atoms with Crippen LogP contribution in [0.3, 0.4) is 0 Å². The first kappa shape index (κ1) is 14.5.